The van der Waals surface area contributed by atoms with E-state index in [1.807, 2.05) is 0 Å². The Balaban J connectivity index is 3.01. The second-order valence-corrected chi connectivity index (χ2v) is 5.37. The molecule has 100 valence electrons. The lowest BCUT2D eigenvalue weighted by atomic mass is 9.82. The van der Waals surface area contributed by atoms with E-state index in [4.69, 9.17) is 4.74 Å². The third-order valence-corrected chi connectivity index (χ3v) is 3.39. The zero-order chi connectivity index (χ0) is 13.9. The Hall–Kier alpha value is -0.940. The van der Waals surface area contributed by atoms with Crippen LogP contribution in [0.15, 0.2) is 22.7 Å². The molecule has 1 rings (SSSR count). The van der Waals surface area contributed by atoms with Crippen LogP contribution in [-0.4, -0.2) is 17.7 Å². The molecule has 0 radical (unpaired) electrons. The quantitative estimate of drug-likeness (QED) is 0.867. The van der Waals surface area contributed by atoms with Crippen molar-refractivity contribution < 1.29 is 19.0 Å². The zero-order valence-corrected chi connectivity index (χ0v) is 12.1. The summed E-state index contributed by atoms with van der Waals surface area (Å²) in [5.74, 6) is -0.993. The maximum absolute atomic E-state index is 13.4. The molecule has 0 aliphatic rings. The molecule has 0 bridgehead atoms. The minimum absolute atomic E-state index is 0.240. The van der Waals surface area contributed by atoms with Crippen molar-refractivity contribution >= 4 is 21.9 Å². The summed E-state index contributed by atoms with van der Waals surface area (Å²) in [5.41, 5.74) is -0.787. The largest absolute Gasteiger partial charge is 0.465 e. The standard InChI is InChI=1S/C13H16BrFO3/c1-4-18-12(17)13(2,3)11(16)8-5-6-9(14)10(15)7-8/h5-7,11,16H,4H2,1-3H3. The average Bonchev–Trinajstić information content (AvgIpc) is 2.32. The van der Waals surface area contributed by atoms with Crippen molar-refractivity contribution in [2.24, 2.45) is 5.41 Å². The van der Waals surface area contributed by atoms with Crippen LogP contribution >= 0.6 is 15.9 Å². The van der Waals surface area contributed by atoms with Gasteiger partial charge in [-0.2, -0.15) is 0 Å². The number of hydrogen-bond acceptors (Lipinski definition) is 3. The third-order valence-electron chi connectivity index (χ3n) is 2.74. The predicted octanol–water partition coefficient (Wildman–Crippen LogP) is 3.21. The summed E-state index contributed by atoms with van der Waals surface area (Å²) < 4.78 is 18.6. The summed E-state index contributed by atoms with van der Waals surface area (Å²) in [6, 6.07) is 4.27. The Kier molecular flexibility index (Phi) is 4.87. The van der Waals surface area contributed by atoms with Gasteiger partial charge < -0.3 is 9.84 Å². The van der Waals surface area contributed by atoms with E-state index in [1.165, 1.54) is 12.1 Å². The van der Waals surface area contributed by atoms with Crippen molar-refractivity contribution in [2.45, 2.75) is 26.9 Å². The van der Waals surface area contributed by atoms with Gasteiger partial charge in [0.25, 0.3) is 0 Å². The number of aliphatic hydroxyl groups excluding tert-OH is 1. The first-order valence-electron chi connectivity index (χ1n) is 5.61. The van der Waals surface area contributed by atoms with E-state index in [2.05, 4.69) is 15.9 Å². The number of ether oxygens (including phenoxy) is 1. The average molecular weight is 319 g/mol. The molecule has 0 saturated carbocycles. The van der Waals surface area contributed by atoms with Crippen molar-refractivity contribution in [2.75, 3.05) is 6.61 Å². The summed E-state index contributed by atoms with van der Waals surface area (Å²) in [6.45, 7) is 5.06. The van der Waals surface area contributed by atoms with Crippen molar-refractivity contribution in [3.8, 4) is 0 Å². The van der Waals surface area contributed by atoms with Gasteiger partial charge >= 0.3 is 5.97 Å². The van der Waals surface area contributed by atoms with Crippen LogP contribution in [0.2, 0.25) is 0 Å². The van der Waals surface area contributed by atoms with Crippen molar-refractivity contribution in [1.29, 1.82) is 0 Å². The fraction of sp³-hybridized carbons (Fsp3) is 0.462. The summed E-state index contributed by atoms with van der Waals surface area (Å²) >= 11 is 3.03. The molecule has 1 unspecified atom stereocenters. The van der Waals surface area contributed by atoms with Crippen LogP contribution in [-0.2, 0) is 9.53 Å². The van der Waals surface area contributed by atoms with Gasteiger partial charge in [-0.1, -0.05) is 6.07 Å². The molecule has 0 spiro atoms. The number of rotatable bonds is 4. The molecule has 0 amide bonds. The van der Waals surface area contributed by atoms with Gasteiger partial charge in [-0.05, 0) is 54.4 Å². The summed E-state index contributed by atoms with van der Waals surface area (Å²) in [6.07, 6.45) is -1.13. The first-order valence-corrected chi connectivity index (χ1v) is 6.40. The maximum atomic E-state index is 13.4. The predicted molar refractivity (Wildman–Crippen MR) is 69.5 cm³/mol. The SMILES string of the molecule is CCOC(=O)C(C)(C)C(O)c1ccc(Br)c(F)c1. The zero-order valence-electron chi connectivity index (χ0n) is 10.5. The molecule has 3 nitrogen and oxygen atoms in total. The molecule has 0 aliphatic carbocycles. The van der Waals surface area contributed by atoms with Gasteiger partial charge in [-0.25, -0.2) is 4.39 Å². The van der Waals surface area contributed by atoms with Crippen LogP contribution in [0.5, 0.6) is 0 Å². The fourth-order valence-corrected chi connectivity index (χ4v) is 1.77. The van der Waals surface area contributed by atoms with E-state index in [0.29, 0.717) is 10.0 Å². The molecular weight excluding hydrogens is 303 g/mol. The van der Waals surface area contributed by atoms with Crippen molar-refractivity contribution in [1.82, 2.24) is 0 Å². The molecule has 0 saturated heterocycles. The van der Waals surface area contributed by atoms with Crippen LogP contribution in [0.1, 0.15) is 32.4 Å². The first kappa shape index (κ1) is 15.1. The van der Waals surface area contributed by atoms with Crippen LogP contribution in [0, 0.1) is 11.2 Å². The number of hydrogen-bond donors (Lipinski definition) is 1. The van der Waals surface area contributed by atoms with E-state index < -0.39 is 23.3 Å². The third kappa shape index (κ3) is 3.09. The van der Waals surface area contributed by atoms with Crippen LogP contribution in [0.25, 0.3) is 0 Å². The lowest BCUT2D eigenvalue weighted by molar-refractivity contribution is -0.160. The summed E-state index contributed by atoms with van der Waals surface area (Å²) in [5, 5.41) is 10.2. The first-order chi connectivity index (χ1) is 8.30. The molecule has 5 heteroatoms. The normalized spacial score (nSPS) is 13.2. The smallest absolute Gasteiger partial charge is 0.314 e. The molecule has 0 fully saturated rings. The van der Waals surface area contributed by atoms with E-state index in [9.17, 15) is 14.3 Å². The number of esters is 1. The highest BCUT2D eigenvalue weighted by Crippen LogP contribution is 2.35. The van der Waals surface area contributed by atoms with Crippen LogP contribution < -0.4 is 0 Å². The van der Waals surface area contributed by atoms with Crippen LogP contribution in [0.3, 0.4) is 0 Å². The number of carbonyl (C=O) groups is 1. The minimum atomic E-state index is -1.13. The van der Waals surface area contributed by atoms with E-state index >= 15 is 0 Å². The van der Waals surface area contributed by atoms with Crippen molar-refractivity contribution in [3.05, 3.63) is 34.1 Å². The molecule has 0 aliphatic heterocycles. The van der Waals surface area contributed by atoms with E-state index in [0.717, 1.165) is 0 Å². The fourth-order valence-electron chi connectivity index (χ4n) is 1.53. The second-order valence-electron chi connectivity index (χ2n) is 4.52. The summed E-state index contributed by atoms with van der Waals surface area (Å²) in [7, 11) is 0. The van der Waals surface area contributed by atoms with E-state index in [-0.39, 0.29) is 6.61 Å². The highest BCUT2D eigenvalue weighted by atomic mass is 79.9. The number of benzene rings is 1. The van der Waals surface area contributed by atoms with Gasteiger partial charge in [0.15, 0.2) is 0 Å². The van der Waals surface area contributed by atoms with Gasteiger partial charge in [0, 0.05) is 0 Å². The molecule has 1 aromatic rings. The molecule has 1 aromatic carbocycles. The van der Waals surface area contributed by atoms with Gasteiger partial charge in [-0.15, -0.1) is 0 Å². The Labute approximate surface area is 114 Å². The number of carbonyl (C=O) groups excluding carboxylic acids is 1. The second kappa shape index (κ2) is 5.80. The van der Waals surface area contributed by atoms with Gasteiger partial charge in [0.2, 0.25) is 0 Å². The Bertz CT molecular complexity index is 446. The van der Waals surface area contributed by atoms with Gasteiger partial charge in [-0.3, -0.25) is 4.79 Å². The van der Waals surface area contributed by atoms with Crippen molar-refractivity contribution in [3.63, 3.8) is 0 Å². The summed E-state index contributed by atoms with van der Waals surface area (Å²) in [4.78, 5) is 11.7. The maximum Gasteiger partial charge on any atom is 0.314 e. The lowest BCUT2D eigenvalue weighted by Crippen LogP contribution is -2.33. The molecule has 18 heavy (non-hydrogen) atoms. The molecule has 0 heterocycles. The van der Waals surface area contributed by atoms with E-state index in [1.54, 1.807) is 26.8 Å². The van der Waals surface area contributed by atoms with Gasteiger partial charge in [0.1, 0.15) is 5.82 Å². The molecule has 1 N–H and O–H groups in total. The molecular formula is C13H16BrFO3. The Morgan fingerprint density at radius 3 is 2.67 bits per heavy atom. The Morgan fingerprint density at radius 1 is 1.56 bits per heavy atom. The minimum Gasteiger partial charge on any atom is -0.465 e. The Morgan fingerprint density at radius 2 is 2.17 bits per heavy atom. The monoisotopic (exact) mass is 318 g/mol. The van der Waals surface area contributed by atoms with Crippen LogP contribution in [0.4, 0.5) is 4.39 Å². The topological polar surface area (TPSA) is 46.5 Å². The molecule has 1 atom stereocenters. The highest BCUT2D eigenvalue weighted by molar-refractivity contribution is 9.10. The highest BCUT2D eigenvalue weighted by Gasteiger charge is 2.38. The van der Waals surface area contributed by atoms with Gasteiger partial charge in [0.05, 0.1) is 22.6 Å². The lowest BCUT2D eigenvalue weighted by Gasteiger charge is -2.28. The molecule has 0 aromatic heterocycles. The number of halogens is 2. The number of aliphatic hydroxyl groups is 1.